The van der Waals surface area contributed by atoms with Crippen molar-refractivity contribution in [2.45, 2.75) is 58.5 Å². The predicted molar refractivity (Wildman–Crippen MR) is 84.5 cm³/mol. The number of ether oxygens (including phenoxy) is 1. The second-order valence-electron chi connectivity index (χ2n) is 8.85. The molecule has 128 valence electrons. The third kappa shape index (κ3) is 2.40. The molecule has 8 unspecified atom stereocenters. The van der Waals surface area contributed by atoms with Crippen LogP contribution in [0.3, 0.4) is 0 Å². The second kappa shape index (κ2) is 5.49. The van der Waals surface area contributed by atoms with Crippen LogP contribution in [0.4, 0.5) is 0 Å². The van der Waals surface area contributed by atoms with Gasteiger partial charge in [-0.05, 0) is 73.5 Å². The summed E-state index contributed by atoms with van der Waals surface area (Å²) in [6, 6.07) is 0. The summed E-state index contributed by atoms with van der Waals surface area (Å²) < 4.78 is 5.82. The molecule has 0 aromatic rings. The average Bonchev–Trinajstić information content (AvgIpc) is 3.21. The van der Waals surface area contributed by atoms with E-state index < -0.39 is 5.97 Å². The lowest BCUT2D eigenvalue weighted by Crippen LogP contribution is -2.41. The van der Waals surface area contributed by atoms with Crippen molar-refractivity contribution in [1.29, 1.82) is 0 Å². The van der Waals surface area contributed by atoms with E-state index in [1.165, 1.54) is 0 Å². The minimum atomic E-state index is -0.607. The summed E-state index contributed by atoms with van der Waals surface area (Å²) in [7, 11) is 0. The first-order valence-corrected chi connectivity index (χ1v) is 9.38. The average molecular weight is 320 g/mol. The first-order valence-electron chi connectivity index (χ1n) is 9.38. The van der Waals surface area contributed by atoms with Crippen LogP contribution in [0.1, 0.15) is 52.4 Å². The summed E-state index contributed by atoms with van der Waals surface area (Å²) in [6.07, 6.45) is 5.66. The van der Waals surface area contributed by atoms with Gasteiger partial charge in [-0.2, -0.15) is 0 Å². The molecular formula is C19H28O4. The summed E-state index contributed by atoms with van der Waals surface area (Å²) in [5, 5.41) is 9.47. The van der Waals surface area contributed by atoms with E-state index in [4.69, 9.17) is 4.74 Å². The lowest BCUT2D eigenvalue weighted by Gasteiger charge is -2.40. The van der Waals surface area contributed by atoms with Gasteiger partial charge in [0.05, 0.1) is 5.92 Å². The summed E-state index contributed by atoms with van der Waals surface area (Å²) in [5.41, 5.74) is 0. The van der Waals surface area contributed by atoms with E-state index in [-0.39, 0.29) is 18.0 Å². The Kier molecular flexibility index (Phi) is 3.69. The van der Waals surface area contributed by atoms with Gasteiger partial charge in [0.2, 0.25) is 0 Å². The molecule has 4 nitrogen and oxygen atoms in total. The standard InChI is InChI=1S/C19H28O4/c1-9(2)3-4-16(20)23-15-8-11-7-14(15)18-12-5-10(17(11)18)6-13(12)19(21)22/h9-15,17-18H,3-8H2,1-2H3,(H,21,22). The molecule has 4 heteroatoms. The molecule has 0 amide bonds. The zero-order chi connectivity index (χ0) is 16.3. The van der Waals surface area contributed by atoms with E-state index in [0.29, 0.717) is 41.9 Å². The van der Waals surface area contributed by atoms with Gasteiger partial charge in [0.15, 0.2) is 0 Å². The van der Waals surface area contributed by atoms with Crippen LogP contribution in [-0.4, -0.2) is 23.1 Å². The molecule has 4 aliphatic rings. The van der Waals surface area contributed by atoms with Crippen molar-refractivity contribution >= 4 is 11.9 Å². The van der Waals surface area contributed by atoms with Gasteiger partial charge in [0, 0.05) is 6.42 Å². The Bertz CT molecular complexity index is 513. The third-order valence-electron chi connectivity index (χ3n) is 7.28. The predicted octanol–water partition coefficient (Wildman–Crippen LogP) is 3.35. The molecule has 0 heterocycles. The Morgan fingerprint density at radius 2 is 1.74 bits per heavy atom. The molecule has 4 saturated carbocycles. The molecule has 4 rings (SSSR count). The van der Waals surface area contributed by atoms with Crippen molar-refractivity contribution in [3.63, 3.8) is 0 Å². The number of carboxylic acid groups (broad SMARTS) is 1. The van der Waals surface area contributed by atoms with Crippen LogP contribution in [0.15, 0.2) is 0 Å². The van der Waals surface area contributed by atoms with E-state index >= 15 is 0 Å². The monoisotopic (exact) mass is 320 g/mol. The minimum absolute atomic E-state index is 0.0502. The molecule has 0 aromatic heterocycles. The van der Waals surface area contributed by atoms with E-state index in [9.17, 15) is 14.7 Å². The third-order valence-corrected chi connectivity index (χ3v) is 7.28. The van der Waals surface area contributed by atoms with Crippen LogP contribution >= 0.6 is 0 Å². The number of hydrogen-bond donors (Lipinski definition) is 1. The van der Waals surface area contributed by atoms with Crippen LogP contribution in [0.25, 0.3) is 0 Å². The Balaban J connectivity index is 1.41. The number of carboxylic acids is 1. The number of carbonyl (C=O) groups excluding carboxylic acids is 1. The van der Waals surface area contributed by atoms with Crippen LogP contribution in [-0.2, 0) is 14.3 Å². The van der Waals surface area contributed by atoms with Gasteiger partial charge in [-0.25, -0.2) is 0 Å². The number of carbonyl (C=O) groups is 2. The number of esters is 1. The highest BCUT2D eigenvalue weighted by Crippen LogP contribution is 2.69. The summed E-state index contributed by atoms with van der Waals surface area (Å²) in [4.78, 5) is 23.6. The molecule has 23 heavy (non-hydrogen) atoms. The maximum Gasteiger partial charge on any atom is 0.306 e. The van der Waals surface area contributed by atoms with Gasteiger partial charge >= 0.3 is 11.9 Å². The molecule has 8 atom stereocenters. The molecule has 4 bridgehead atoms. The van der Waals surface area contributed by atoms with Gasteiger partial charge in [0.25, 0.3) is 0 Å². The SMILES string of the molecule is CC(C)CCC(=O)OC1CC2CC1C1C3CC(CC3C(=O)O)C21. The van der Waals surface area contributed by atoms with Crippen LogP contribution in [0.5, 0.6) is 0 Å². The molecule has 0 radical (unpaired) electrons. The summed E-state index contributed by atoms with van der Waals surface area (Å²) in [6.45, 7) is 4.24. The molecule has 4 fully saturated rings. The Hall–Kier alpha value is -1.06. The first-order chi connectivity index (χ1) is 11.0. The molecule has 0 aromatic carbocycles. The van der Waals surface area contributed by atoms with Gasteiger partial charge in [0.1, 0.15) is 6.10 Å². The van der Waals surface area contributed by atoms with Gasteiger partial charge < -0.3 is 9.84 Å². The second-order valence-corrected chi connectivity index (χ2v) is 8.85. The molecule has 4 aliphatic carbocycles. The van der Waals surface area contributed by atoms with Crippen molar-refractivity contribution in [3.05, 3.63) is 0 Å². The first kappa shape index (κ1) is 15.5. The molecule has 0 aliphatic heterocycles. The number of fused-ring (bicyclic) bond motifs is 9. The topological polar surface area (TPSA) is 63.6 Å². The smallest absolute Gasteiger partial charge is 0.306 e. The highest BCUT2D eigenvalue weighted by Gasteiger charge is 2.66. The summed E-state index contributed by atoms with van der Waals surface area (Å²) >= 11 is 0. The zero-order valence-electron chi connectivity index (χ0n) is 14.1. The Morgan fingerprint density at radius 3 is 2.43 bits per heavy atom. The van der Waals surface area contributed by atoms with E-state index in [1.54, 1.807) is 0 Å². The Morgan fingerprint density at radius 1 is 1.04 bits per heavy atom. The lowest BCUT2D eigenvalue weighted by molar-refractivity contribution is -0.156. The number of aliphatic carboxylic acids is 1. The van der Waals surface area contributed by atoms with Crippen LogP contribution in [0, 0.1) is 47.3 Å². The van der Waals surface area contributed by atoms with Gasteiger partial charge in [-0.15, -0.1) is 0 Å². The Labute approximate surface area is 138 Å². The van der Waals surface area contributed by atoms with E-state index in [2.05, 4.69) is 13.8 Å². The number of rotatable bonds is 5. The maximum atomic E-state index is 12.1. The van der Waals surface area contributed by atoms with Crippen molar-refractivity contribution in [1.82, 2.24) is 0 Å². The van der Waals surface area contributed by atoms with Crippen LogP contribution in [0.2, 0.25) is 0 Å². The van der Waals surface area contributed by atoms with E-state index in [0.717, 1.165) is 38.0 Å². The largest absolute Gasteiger partial charge is 0.481 e. The fourth-order valence-corrected chi connectivity index (χ4v) is 6.60. The van der Waals surface area contributed by atoms with Gasteiger partial charge in [-0.3, -0.25) is 9.59 Å². The lowest BCUT2D eigenvalue weighted by atomic mass is 9.67. The van der Waals surface area contributed by atoms with E-state index in [1.807, 2.05) is 0 Å². The molecule has 0 saturated heterocycles. The van der Waals surface area contributed by atoms with Crippen molar-refractivity contribution in [3.8, 4) is 0 Å². The highest BCUT2D eigenvalue weighted by molar-refractivity contribution is 5.71. The quantitative estimate of drug-likeness (QED) is 0.623. The van der Waals surface area contributed by atoms with Gasteiger partial charge in [-0.1, -0.05) is 13.8 Å². The fourth-order valence-electron chi connectivity index (χ4n) is 6.60. The maximum absolute atomic E-state index is 12.1. The molecule has 1 N–H and O–H groups in total. The number of hydrogen-bond acceptors (Lipinski definition) is 3. The minimum Gasteiger partial charge on any atom is -0.481 e. The van der Waals surface area contributed by atoms with Crippen molar-refractivity contribution < 1.29 is 19.4 Å². The molecular weight excluding hydrogens is 292 g/mol. The highest BCUT2D eigenvalue weighted by atomic mass is 16.5. The van der Waals surface area contributed by atoms with Crippen LogP contribution < -0.4 is 0 Å². The fraction of sp³-hybridized carbons (Fsp3) is 0.895. The van der Waals surface area contributed by atoms with Crippen molar-refractivity contribution in [2.24, 2.45) is 47.3 Å². The normalized spacial score (nSPS) is 46.4. The summed E-state index contributed by atoms with van der Waals surface area (Å²) in [5.74, 6) is 3.04. The molecule has 0 spiro atoms. The zero-order valence-corrected chi connectivity index (χ0v) is 14.1. The van der Waals surface area contributed by atoms with Crippen molar-refractivity contribution in [2.75, 3.05) is 0 Å².